The molecule has 5 heteroatoms. The Morgan fingerprint density at radius 2 is 2.11 bits per heavy atom. The zero-order valence-electron chi connectivity index (χ0n) is 17.3. The predicted molar refractivity (Wildman–Crippen MR) is 113 cm³/mol. The van der Waals surface area contributed by atoms with Gasteiger partial charge in [-0.2, -0.15) is 0 Å². The Labute approximate surface area is 169 Å². The Morgan fingerprint density at radius 1 is 1.29 bits per heavy atom. The molecule has 0 bridgehead atoms. The van der Waals surface area contributed by atoms with Crippen LogP contribution in [-0.4, -0.2) is 49.9 Å². The van der Waals surface area contributed by atoms with Gasteiger partial charge in [-0.25, -0.2) is 4.79 Å². The Bertz CT molecular complexity index is 664. The molecule has 1 N–H and O–H groups in total. The molecule has 2 heterocycles. The lowest BCUT2D eigenvalue weighted by atomic mass is 9.92. The van der Waals surface area contributed by atoms with Gasteiger partial charge >= 0.3 is 6.09 Å². The van der Waals surface area contributed by atoms with Gasteiger partial charge in [0.05, 0.1) is 12.7 Å². The van der Waals surface area contributed by atoms with Crippen molar-refractivity contribution in [1.82, 2.24) is 10.2 Å². The number of hydrogen-bond donors (Lipinski definition) is 1. The van der Waals surface area contributed by atoms with Gasteiger partial charge in [-0.05, 0) is 81.7 Å². The van der Waals surface area contributed by atoms with Gasteiger partial charge in [0, 0.05) is 19.6 Å². The predicted octanol–water partition coefficient (Wildman–Crippen LogP) is 4.48. The summed E-state index contributed by atoms with van der Waals surface area (Å²) in [6, 6.07) is 8.46. The topological polar surface area (TPSA) is 50.8 Å². The number of piperidine rings is 1. The lowest BCUT2D eigenvalue weighted by Gasteiger charge is -2.31. The van der Waals surface area contributed by atoms with Crippen LogP contribution in [0.25, 0.3) is 5.57 Å². The summed E-state index contributed by atoms with van der Waals surface area (Å²) >= 11 is 0. The van der Waals surface area contributed by atoms with E-state index in [9.17, 15) is 4.79 Å². The zero-order valence-corrected chi connectivity index (χ0v) is 17.3. The molecule has 0 atom stereocenters. The second kappa shape index (κ2) is 10.5. The van der Waals surface area contributed by atoms with Crippen LogP contribution in [0, 0.1) is 5.92 Å². The normalized spacial score (nSPS) is 18.1. The molecule has 28 heavy (non-hydrogen) atoms. The maximum absolute atomic E-state index is 12.0. The average molecular weight is 387 g/mol. The number of likely N-dealkylation sites (tertiary alicyclic amines) is 1. The van der Waals surface area contributed by atoms with Gasteiger partial charge in [-0.15, -0.1) is 0 Å². The first-order chi connectivity index (χ1) is 13.6. The van der Waals surface area contributed by atoms with Crippen LogP contribution in [0.3, 0.4) is 0 Å². The highest BCUT2D eigenvalue weighted by atomic mass is 16.6. The molecule has 0 saturated carbocycles. The molecule has 2 aliphatic rings. The third-order valence-electron chi connectivity index (χ3n) is 5.50. The van der Waals surface area contributed by atoms with E-state index >= 15 is 0 Å². The summed E-state index contributed by atoms with van der Waals surface area (Å²) in [6.07, 6.45) is 7.46. The second-order valence-corrected chi connectivity index (χ2v) is 8.06. The quantitative estimate of drug-likeness (QED) is 0.702. The van der Waals surface area contributed by atoms with Crippen molar-refractivity contribution in [3.05, 3.63) is 35.9 Å². The maximum Gasteiger partial charge on any atom is 0.410 e. The monoisotopic (exact) mass is 386 g/mol. The van der Waals surface area contributed by atoms with Gasteiger partial charge < -0.3 is 19.7 Å². The van der Waals surface area contributed by atoms with Crippen molar-refractivity contribution >= 4 is 11.7 Å². The zero-order chi connectivity index (χ0) is 19.8. The number of amides is 1. The van der Waals surface area contributed by atoms with Gasteiger partial charge in [-0.1, -0.05) is 18.2 Å². The van der Waals surface area contributed by atoms with E-state index in [4.69, 9.17) is 9.47 Å². The molecule has 0 radical (unpaired) electrons. The van der Waals surface area contributed by atoms with Crippen LogP contribution >= 0.6 is 0 Å². The third-order valence-corrected chi connectivity index (χ3v) is 5.50. The molecule has 0 spiro atoms. The largest absolute Gasteiger partial charge is 0.494 e. The van der Waals surface area contributed by atoms with Gasteiger partial charge in [0.2, 0.25) is 0 Å². The Hall–Kier alpha value is -2.01. The van der Waals surface area contributed by atoms with E-state index in [2.05, 4.69) is 29.6 Å². The summed E-state index contributed by atoms with van der Waals surface area (Å²) in [5.41, 5.74) is 2.69. The SMILES string of the molecule is CC(C)OC(=O)N1CCC(CCCOc2cccc(C3=CCNCC3)c2)CC1. The summed E-state index contributed by atoms with van der Waals surface area (Å²) in [7, 11) is 0. The molecule has 0 aliphatic carbocycles. The highest BCUT2D eigenvalue weighted by Crippen LogP contribution is 2.25. The summed E-state index contributed by atoms with van der Waals surface area (Å²) < 4.78 is 11.3. The molecule has 1 amide bonds. The average Bonchev–Trinajstić information content (AvgIpc) is 2.72. The van der Waals surface area contributed by atoms with E-state index in [-0.39, 0.29) is 12.2 Å². The fraction of sp³-hybridized carbons (Fsp3) is 0.609. The molecule has 1 fully saturated rings. The molecule has 0 aromatic heterocycles. The van der Waals surface area contributed by atoms with Crippen LogP contribution < -0.4 is 10.1 Å². The number of nitrogens with zero attached hydrogens (tertiary/aromatic N) is 1. The summed E-state index contributed by atoms with van der Waals surface area (Å²) in [5.74, 6) is 1.64. The minimum absolute atomic E-state index is 0.0491. The Kier molecular flexibility index (Phi) is 7.78. The first-order valence-electron chi connectivity index (χ1n) is 10.7. The van der Waals surface area contributed by atoms with Crippen LogP contribution in [0.1, 0.15) is 51.5 Å². The minimum Gasteiger partial charge on any atom is -0.494 e. The number of benzene rings is 1. The van der Waals surface area contributed by atoms with Crippen molar-refractivity contribution in [2.45, 2.75) is 52.1 Å². The third kappa shape index (κ3) is 6.26. The molecule has 3 rings (SSSR count). The van der Waals surface area contributed by atoms with Crippen molar-refractivity contribution in [2.75, 3.05) is 32.8 Å². The fourth-order valence-corrected chi connectivity index (χ4v) is 3.91. The molecule has 0 unspecified atom stereocenters. The van der Waals surface area contributed by atoms with Crippen molar-refractivity contribution < 1.29 is 14.3 Å². The number of carbonyl (C=O) groups excluding carboxylic acids is 1. The summed E-state index contributed by atoms with van der Waals surface area (Å²) in [4.78, 5) is 13.8. The molecule has 5 nitrogen and oxygen atoms in total. The van der Waals surface area contributed by atoms with E-state index in [0.717, 1.165) is 70.6 Å². The molecule has 2 aliphatic heterocycles. The standard InChI is InChI=1S/C23H34N2O3/c1-18(2)28-23(26)25-14-10-19(11-15-25)5-4-16-27-22-7-3-6-21(17-22)20-8-12-24-13-9-20/h3,6-8,17-19,24H,4-5,9-16H2,1-2H3. The number of hydrogen-bond acceptors (Lipinski definition) is 4. The molecule has 1 aromatic carbocycles. The first-order valence-corrected chi connectivity index (χ1v) is 10.7. The van der Waals surface area contributed by atoms with Gasteiger partial charge in [0.15, 0.2) is 0 Å². The Morgan fingerprint density at radius 3 is 2.82 bits per heavy atom. The van der Waals surface area contributed by atoms with Crippen LogP contribution in [0.4, 0.5) is 4.79 Å². The van der Waals surface area contributed by atoms with E-state index in [1.54, 1.807) is 0 Å². The van der Waals surface area contributed by atoms with E-state index in [1.165, 1.54) is 11.1 Å². The van der Waals surface area contributed by atoms with Crippen molar-refractivity contribution in [3.63, 3.8) is 0 Å². The van der Waals surface area contributed by atoms with Crippen LogP contribution in [0.2, 0.25) is 0 Å². The van der Waals surface area contributed by atoms with Crippen molar-refractivity contribution in [1.29, 1.82) is 0 Å². The van der Waals surface area contributed by atoms with E-state index in [0.29, 0.717) is 5.92 Å². The second-order valence-electron chi connectivity index (χ2n) is 8.06. The van der Waals surface area contributed by atoms with Crippen LogP contribution in [0.15, 0.2) is 30.3 Å². The fourth-order valence-electron chi connectivity index (χ4n) is 3.91. The molecular weight excluding hydrogens is 352 g/mol. The number of ether oxygens (including phenoxy) is 2. The first kappa shape index (κ1) is 20.7. The lowest BCUT2D eigenvalue weighted by Crippen LogP contribution is -2.39. The van der Waals surface area contributed by atoms with Crippen LogP contribution in [0.5, 0.6) is 5.75 Å². The summed E-state index contributed by atoms with van der Waals surface area (Å²) in [6.45, 7) is 8.15. The number of rotatable bonds is 7. The van der Waals surface area contributed by atoms with Crippen molar-refractivity contribution in [3.8, 4) is 5.75 Å². The van der Waals surface area contributed by atoms with Gasteiger partial charge in [0.1, 0.15) is 5.75 Å². The van der Waals surface area contributed by atoms with Crippen molar-refractivity contribution in [2.24, 2.45) is 5.92 Å². The minimum atomic E-state index is -0.166. The smallest absolute Gasteiger partial charge is 0.410 e. The molecule has 1 saturated heterocycles. The lowest BCUT2D eigenvalue weighted by molar-refractivity contribution is 0.0643. The Balaban J connectivity index is 1.35. The van der Waals surface area contributed by atoms with Gasteiger partial charge in [-0.3, -0.25) is 0 Å². The van der Waals surface area contributed by atoms with E-state index < -0.39 is 0 Å². The molecule has 1 aromatic rings. The van der Waals surface area contributed by atoms with Crippen LogP contribution in [-0.2, 0) is 4.74 Å². The van der Waals surface area contributed by atoms with Gasteiger partial charge in [0.25, 0.3) is 0 Å². The maximum atomic E-state index is 12.0. The van der Waals surface area contributed by atoms with E-state index in [1.807, 2.05) is 24.8 Å². The summed E-state index contributed by atoms with van der Waals surface area (Å²) in [5, 5.41) is 3.35. The molecular formula is C23H34N2O3. The molecule has 154 valence electrons. The number of carbonyl (C=O) groups is 1. The number of nitrogens with one attached hydrogen (secondary N) is 1. The highest BCUT2D eigenvalue weighted by Gasteiger charge is 2.24. The highest BCUT2D eigenvalue weighted by molar-refractivity contribution is 5.68.